The van der Waals surface area contributed by atoms with Gasteiger partial charge in [0, 0.05) is 27.5 Å². The van der Waals surface area contributed by atoms with Crippen molar-refractivity contribution in [2.45, 2.75) is 0 Å². The Morgan fingerprint density at radius 1 is 0.327 bits per heavy atom. The molecule has 4 heteroatoms. The van der Waals surface area contributed by atoms with Gasteiger partial charge in [0.1, 0.15) is 11.2 Å². The molecule has 0 fully saturated rings. The number of hydrogen-bond acceptors (Lipinski definition) is 4. The molecule has 2 aromatic heterocycles. The third-order valence-corrected chi connectivity index (χ3v) is 9.45. The minimum atomic E-state index is 0.598. The Balaban J connectivity index is 1.26. The molecule has 228 valence electrons. The lowest BCUT2D eigenvalue weighted by molar-refractivity contribution is 0.669. The second-order valence-electron chi connectivity index (χ2n) is 12.5. The van der Waals surface area contributed by atoms with Crippen LogP contribution in [0.5, 0.6) is 0 Å². The van der Waals surface area contributed by atoms with Crippen molar-refractivity contribution in [3.63, 3.8) is 0 Å². The average molecular weight is 626 g/mol. The van der Waals surface area contributed by atoms with Gasteiger partial charge in [-0.15, -0.1) is 0 Å². The quantitative estimate of drug-likeness (QED) is 0.195. The van der Waals surface area contributed by atoms with Crippen LogP contribution in [0.4, 0.5) is 0 Å². The highest BCUT2D eigenvalue weighted by Gasteiger charge is 2.20. The van der Waals surface area contributed by atoms with Crippen molar-refractivity contribution in [2.75, 3.05) is 0 Å². The predicted octanol–water partition coefficient (Wildman–Crippen LogP) is 11.9. The molecule has 0 saturated carbocycles. The smallest absolute Gasteiger partial charge is 0.164 e. The average Bonchev–Trinajstić information content (AvgIpc) is 3.55. The van der Waals surface area contributed by atoms with Crippen LogP contribution in [0.2, 0.25) is 0 Å². The van der Waals surface area contributed by atoms with Crippen molar-refractivity contribution >= 4 is 54.3 Å². The summed E-state index contributed by atoms with van der Waals surface area (Å²) < 4.78 is 6.52. The Morgan fingerprint density at radius 2 is 0.796 bits per heavy atom. The van der Waals surface area contributed by atoms with E-state index < -0.39 is 0 Å². The summed E-state index contributed by atoms with van der Waals surface area (Å²) in [7, 11) is 0. The van der Waals surface area contributed by atoms with Crippen molar-refractivity contribution < 1.29 is 4.42 Å². The van der Waals surface area contributed by atoms with E-state index in [9.17, 15) is 0 Å². The van der Waals surface area contributed by atoms with Crippen molar-refractivity contribution in [3.05, 3.63) is 164 Å². The molecule has 0 bridgehead atoms. The summed E-state index contributed by atoms with van der Waals surface area (Å²) in [6, 6.07) is 57.0. The van der Waals surface area contributed by atoms with Crippen molar-refractivity contribution in [1.29, 1.82) is 0 Å². The van der Waals surface area contributed by atoms with Gasteiger partial charge in [0.2, 0.25) is 0 Å². The fourth-order valence-corrected chi connectivity index (χ4v) is 6.98. The van der Waals surface area contributed by atoms with Gasteiger partial charge in [-0.3, -0.25) is 0 Å². The van der Waals surface area contributed by atoms with E-state index in [0.29, 0.717) is 17.5 Å². The number of aromatic nitrogens is 3. The number of rotatable bonds is 4. The molecular weight excluding hydrogens is 599 g/mol. The second-order valence-corrected chi connectivity index (χ2v) is 12.5. The van der Waals surface area contributed by atoms with Crippen LogP contribution in [0, 0.1) is 0 Å². The van der Waals surface area contributed by atoms with Gasteiger partial charge in [-0.25, -0.2) is 15.0 Å². The molecule has 49 heavy (non-hydrogen) atoms. The van der Waals surface area contributed by atoms with E-state index >= 15 is 0 Å². The molecule has 8 aromatic carbocycles. The third kappa shape index (κ3) is 4.73. The lowest BCUT2D eigenvalue weighted by Gasteiger charge is -2.12. The Labute approximate surface area is 282 Å². The molecule has 0 atom stereocenters. The molecule has 2 heterocycles. The van der Waals surface area contributed by atoms with Gasteiger partial charge in [-0.05, 0) is 79.8 Å². The zero-order valence-electron chi connectivity index (χ0n) is 26.3. The first-order chi connectivity index (χ1) is 24.2. The summed E-state index contributed by atoms with van der Waals surface area (Å²) in [5.41, 5.74) is 6.52. The zero-order chi connectivity index (χ0) is 32.3. The molecule has 0 N–H and O–H groups in total. The predicted molar refractivity (Wildman–Crippen MR) is 201 cm³/mol. The minimum absolute atomic E-state index is 0.598. The fourth-order valence-electron chi connectivity index (χ4n) is 6.98. The number of para-hydroxylation sites is 1. The van der Waals surface area contributed by atoms with Crippen molar-refractivity contribution in [1.82, 2.24) is 15.0 Å². The Morgan fingerprint density at radius 3 is 1.39 bits per heavy atom. The SMILES string of the molecule is c1ccc2cc(-c3cc(-c4nc(-c5ccc6ccccc6c5)nc(-c5ccc6ccccc6c5)n4)c4c(c3)oc3ccccc34)ccc2c1. The molecule has 0 aliphatic rings. The highest BCUT2D eigenvalue weighted by atomic mass is 16.3. The molecule has 0 aliphatic carbocycles. The monoisotopic (exact) mass is 625 g/mol. The van der Waals surface area contributed by atoms with Crippen LogP contribution in [0.25, 0.3) is 99.5 Å². The molecule has 0 amide bonds. The molecule has 0 unspecified atom stereocenters. The first-order valence-corrected chi connectivity index (χ1v) is 16.4. The summed E-state index contributed by atoms with van der Waals surface area (Å²) in [5, 5.41) is 9.01. The Kier molecular flexibility index (Phi) is 6.15. The van der Waals surface area contributed by atoms with Crippen molar-refractivity contribution in [2.24, 2.45) is 0 Å². The van der Waals surface area contributed by atoms with E-state index in [0.717, 1.165) is 60.5 Å². The summed E-state index contributed by atoms with van der Waals surface area (Å²) in [4.78, 5) is 15.6. The first-order valence-electron chi connectivity index (χ1n) is 16.4. The fraction of sp³-hybridized carbons (Fsp3) is 0. The molecule has 10 rings (SSSR count). The molecule has 0 spiro atoms. The van der Waals surface area contributed by atoms with E-state index in [2.05, 4.69) is 146 Å². The largest absolute Gasteiger partial charge is 0.456 e. The second kappa shape index (κ2) is 11.0. The van der Waals surface area contributed by atoms with E-state index in [1.54, 1.807) is 0 Å². The Hall–Kier alpha value is -6.65. The maximum Gasteiger partial charge on any atom is 0.164 e. The maximum absolute atomic E-state index is 6.52. The van der Waals surface area contributed by atoms with E-state index in [1.807, 2.05) is 18.2 Å². The molecular formula is C45H27N3O. The van der Waals surface area contributed by atoms with Crippen LogP contribution in [-0.2, 0) is 0 Å². The minimum Gasteiger partial charge on any atom is -0.456 e. The first kappa shape index (κ1) is 27.5. The third-order valence-electron chi connectivity index (χ3n) is 9.45. The number of furan rings is 1. The standard InChI is InChI=1S/C45H27N3O/c1-4-12-31-23-34(20-17-28(31)9-1)37-26-39(42-38-15-7-8-16-40(38)49-41(42)27-37)45-47-43(35-21-18-29-10-2-5-13-32(29)24-35)46-44(48-45)36-22-19-30-11-3-6-14-33(30)25-36/h1-27H. The molecule has 0 radical (unpaired) electrons. The van der Waals surface area contributed by atoms with Crippen LogP contribution in [0.15, 0.2) is 168 Å². The molecule has 4 nitrogen and oxygen atoms in total. The molecule has 10 aromatic rings. The Bertz CT molecular complexity index is 2810. The number of nitrogens with zero attached hydrogens (tertiary/aromatic N) is 3. The topological polar surface area (TPSA) is 51.8 Å². The van der Waals surface area contributed by atoms with Gasteiger partial charge in [0.25, 0.3) is 0 Å². The van der Waals surface area contributed by atoms with Crippen LogP contribution in [0.1, 0.15) is 0 Å². The molecule has 0 saturated heterocycles. The van der Waals surface area contributed by atoms with Gasteiger partial charge in [0.05, 0.1) is 0 Å². The van der Waals surface area contributed by atoms with Gasteiger partial charge in [-0.1, -0.05) is 127 Å². The zero-order valence-corrected chi connectivity index (χ0v) is 26.3. The summed E-state index contributed by atoms with van der Waals surface area (Å²) in [5.74, 6) is 1.84. The summed E-state index contributed by atoms with van der Waals surface area (Å²) in [6.45, 7) is 0. The lowest BCUT2D eigenvalue weighted by atomic mass is 9.96. The van der Waals surface area contributed by atoms with Crippen LogP contribution >= 0.6 is 0 Å². The summed E-state index contributed by atoms with van der Waals surface area (Å²) in [6.07, 6.45) is 0. The van der Waals surface area contributed by atoms with Gasteiger partial charge in [0.15, 0.2) is 17.5 Å². The number of benzene rings is 8. The highest BCUT2D eigenvalue weighted by Crippen LogP contribution is 2.40. The lowest BCUT2D eigenvalue weighted by Crippen LogP contribution is -2.01. The van der Waals surface area contributed by atoms with E-state index in [-0.39, 0.29) is 0 Å². The van der Waals surface area contributed by atoms with E-state index in [1.165, 1.54) is 21.5 Å². The normalized spacial score (nSPS) is 11.7. The maximum atomic E-state index is 6.52. The summed E-state index contributed by atoms with van der Waals surface area (Å²) >= 11 is 0. The van der Waals surface area contributed by atoms with Gasteiger partial charge >= 0.3 is 0 Å². The van der Waals surface area contributed by atoms with Crippen molar-refractivity contribution in [3.8, 4) is 45.3 Å². The van der Waals surface area contributed by atoms with E-state index in [4.69, 9.17) is 19.4 Å². The van der Waals surface area contributed by atoms with Gasteiger partial charge in [-0.2, -0.15) is 0 Å². The van der Waals surface area contributed by atoms with Crippen LogP contribution < -0.4 is 0 Å². The number of fused-ring (bicyclic) bond motifs is 6. The highest BCUT2D eigenvalue weighted by molar-refractivity contribution is 6.13. The molecule has 0 aliphatic heterocycles. The number of hydrogen-bond donors (Lipinski definition) is 0. The van der Waals surface area contributed by atoms with Crippen LogP contribution in [0.3, 0.4) is 0 Å². The van der Waals surface area contributed by atoms with Gasteiger partial charge < -0.3 is 4.42 Å². The van der Waals surface area contributed by atoms with Crippen LogP contribution in [-0.4, -0.2) is 15.0 Å².